The fourth-order valence-corrected chi connectivity index (χ4v) is 2.90. The molecular formula is C8H8Br2O3S. The fraction of sp³-hybridized carbons (Fsp3) is 0.375. The lowest BCUT2D eigenvalue weighted by molar-refractivity contribution is -0.153. The Morgan fingerprint density at radius 3 is 2.79 bits per heavy atom. The number of aliphatic hydroxyl groups excluding tert-OH is 1. The van der Waals surface area contributed by atoms with Crippen molar-refractivity contribution in [3.05, 3.63) is 19.2 Å². The highest BCUT2D eigenvalue weighted by atomic mass is 79.9. The lowest BCUT2D eigenvalue weighted by Crippen LogP contribution is -2.14. The average molecular weight is 344 g/mol. The van der Waals surface area contributed by atoms with Crippen LogP contribution in [-0.4, -0.2) is 17.7 Å². The smallest absolute Gasteiger partial charge is 0.340 e. The standard InChI is InChI=1S/C8H8Br2O3S/c1-2-13-8(12)6(11)5-3-4(9)7(10)14-5/h3,6,11H,2H2,1H3. The summed E-state index contributed by atoms with van der Waals surface area (Å²) in [4.78, 5) is 11.7. The molecule has 1 unspecified atom stereocenters. The molecule has 0 fully saturated rings. The maximum Gasteiger partial charge on any atom is 0.340 e. The number of aliphatic hydroxyl groups is 1. The number of hydrogen-bond donors (Lipinski definition) is 1. The quantitative estimate of drug-likeness (QED) is 0.858. The summed E-state index contributed by atoms with van der Waals surface area (Å²) in [5.74, 6) is -0.617. The zero-order chi connectivity index (χ0) is 10.7. The van der Waals surface area contributed by atoms with Crippen LogP contribution < -0.4 is 0 Å². The van der Waals surface area contributed by atoms with Crippen molar-refractivity contribution in [2.24, 2.45) is 0 Å². The fourth-order valence-electron chi connectivity index (χ4n) is 0.835. The molecule has 0 saturated carbocycles. The van der Waals surface area contributed by atoms with Gasteiger partial charge in [0, 0.05) is 9.35 Å². The summed E-state index contributed by atoms with van der Waals surface area (Å²) in [7, 11) is 0. The summed E-state index contributed by atoms with van der Waals surface area (Å²) >= 11 is 7.85. The molecule has 0 amide bonds. The molecule has 0 saturated heterocycles. The second-order valence-electron chi connectivity index (χ2n) is 2.42. The first-order chi connectivity index (χ1) is 6.56. The summed E-state index contributed by atoms with van der Waals surface area (Å²) in [6, 6.07) is 1.69. The predicted molar refractivity (Wildman–Crippen MR) is 61.3 cm³/mol. The van der Waals surface area contributed by atoms with Crippen LogP contribution >= 0.6 is 43.2 Å². The average Bonchev–Trinajstić information content (AvgIpc) is 2.46. The van der Waals surface area contributed by atoms with Crippen molar-refractivity contribution < 1.29 is 14.6 Å². The van der Waals surface area contributed by atoms with E-state index in [1.807, 2.05) is 0 Å². The van der Waals surface area contributed by atoms with Crippen LogP contribution in [0.4, 0.5) is 0 Å². The van der Waals surface area contributed by atoms with Crippen molar-refractivity contribution >= 4 is 49.2 Å². The van der Waals surface area contributed by atoms with Gasteiger partial charge in [0.25, 0.3) is 0 Å². The topological polar surface area (TPSA) is 46.5 Å². The normalized spacial score (nSPS) is 12.6. The molecule has 1 aromatic rings. The number of ether oxygens (including phenoxy) is 1. The zero-order valence-electron chi connectivity index (χ0n) is 7.29. The van der Waals surface area contributed by atoms with Gasteiger partial charge in [-0.3, -0.25) is 0 Å². The van der Waals surface area contributed by atoms with Gasteiger partial charge in [0.05, 0.1) is 10.4 Å². The lowest BCUT2D eigenvalue weighted by atomic mass is 10.3. The van der Waals surface area contributed by atoms with Gasteiger partial charge < -0.3 is 9.84 Å². The van der Waals surface area contributed by atoms with Crippen LogP contribution in [0.3, 0.4) is 0 Å². The second kappa shape index (κ2) is 5.25. The van der Waals surface area contributed by atoms with Gasteiger partial charge in [0.15, 0.2) is 6.10 Å². The number of rotatable bonds is 3. The summed E-state index contributed by atoms with van der Waals surface area (Å²) in [5.41, 5.74) is 0. The molecule has 1 rings (SSSR count). The van der Waals surface area contributed by atoms with Gasteiger partial charge in [0.2, 0.25) is 0 Å². The minimum atomic E-state index is -1.19. The highest BCUT2D eigenvalue weighted by Gasteiger charge is 2.21. The molecule has 3 nitrogen and oxygen atoms in total. The van der Waals surface area contributed by atoms with E-state index in [1.54, 1.807) is 13.0 Å². The SMILES string of the molecule is CCOC(=O)C(O)c1cc(Br)c(Br)s1. The molecular weight excluding hydrogens is 336 g/mol. The molecule has 0 spiro atoms. The molecule has 1 atom stereocenters. The van der Waals surface area contributed by atoms with E-state index >= 15 is 0 Å². The molecule has 0 aliphatic heterocycles. The Morgan fingerprint density at radius 1 is 1.71 bits per heavy atom. The van der Waals surface area contributed by atoms with Crippen LogP contribution in [0.25, 0.3) is 0 Å². The maximum absolute atomic E-state index is 11.2. The van der Waals surface area contributed by atoms with Crippen LogP contribution in [0.2, 0.25) is 0 Å². The molecule has 0 radical (unpaired) electrons. The second-order valence-corrected chi connectivity index (χ2v) is 5.68. The van der Waals surface area contributed by atoms with Gasteiger partial charge in [-0.25, -0.2) is 4.79 Å². The van der Waals surface area contributed by atoms with Gasteiger partial charge in [0.1, 0.15) is 0 Å². The van der Waals surface area contributed by atoms with Crippen LogP contribution in [0, 0.1) is 0 Å². The third-order valence-corrected chi connectivity index (χ3v) is 4.75. The van der Waals surface area contributed by atoms with Gasteiger partial charge in [-0.15, -0.1) is 11.3 Å². The predicted octanol–water partition coefficient (Wildman–Crippen LogP) is 2.87. The molecule has 14 heavy (non-hydrogen) atoms. The highest BCUT2D eigenvalue weighted by Crippen LogP contribution is 2.35. The van der Waals surface area contributed by atoms with Crippen LogP contribution in [-0.2, 0) is 9.53 Å². The van der Waals surface area contributed by atoms with E-state index in [2.05, 4.69) is 31.9 Å². The Hall–Kier alpha value is 0.0900. The van der Waals surface area contributed by atoms with E-state index in [9.17, 15) is 9.90 Å². The van der Waals surface area contributed by atoms with Gasteiger partial charge in [-0.1, -0.05) is 0 Å². The Kier molecular flexibility index (Phi) is 4.56. The largest absolute Gasteiger partial charge is 0.464 e. The molecule has 0 aliphatic carbocycles. The summed E-state index contributed by atoms with van der Waals surface area (Å²) in [6.45, 7) is 1.97. The third kappa shape index (κ3) is 2.79. The minimum Gasteiger partial charge on any atom is -0.464 e. The van der Waals surface area contributed by atoms with Gasteiger partial charge in [-0.2, -0.15) is 0 Å². The first kappa shape index (κ1) is 12.2. The van der Waals surface area contributed by atoms with Crippen molar-refractivity contribution in [3.63, 3.8) is 0 Å². The number of thiophene rings is 1. The van der Waals surface area contributed by atoms with E-state index in [1.165, 1.54) is 11.3 Å². The number of esters is 1. The molecule has 78 valence electrons. The van der Waals surface area contributed by atoms with Crippen molar-refractivity contribution in [2.45, 2.75) is 13.0 Å². The Labute approximate surface area is 102 Å². The number of carbonyl (C=O) groups excluding carboxylic acids is 1. The molecule has 0 aliphatic rings. The number of carbonyl (C=O) groups is 1. The van der Waals surface area contributed by atoms with Gasteiger partial charge in [-0.05, 0) is 44.8 Å². The van der Waals surface area contributed by atoms with Crippen LogP contribution in [0.1, 0.15) is 17.9 Å². The molecule has 1 N–H and O–H groups in total. The van der Waals surface area contributed by atoms with E-state index in [0.29, 0.717) is 4.88 Å². The van der Waals surface area contributed by atoms with Crippen molar-refractivity contribution in [1.29, 1.82) is 0 Å². The number of hydrogen-bond acceptors (Lipinski definition) is 4. The third-order valence-electron chi connectivity index (χ3n) is 1.44. The Balaban J connectivity index is 2.78. The molecule has 1 aromatic heterocycles. The van der Waals surface area contributed by atoms with E-state index in [4.69, 9.17) is 4.74 Å². The minimum absolute atomic E-state index is 0.267. The Bertz CT molecular complexity index is 318. The molecule has 0 bridgehead atoms. The molecule has 6 heteroatoms. The summed E-state index contributed by atoms with van der Waals surface area (Å²) in [6.07, 6.45) is -1.19. The maximum atomic E-state index is 11.2. The summed E-state index contributed by atoms with van der Waals surface area (Å²) < 4.78 is 6.36. The first-order valence-corrected chi connectivity index (χ1v) is 6.26. The van der Waals surface area contributed by atoms with E-state index in [-0.39, 0.29) is 6.61 Å². The van der Waals surface area contributed by atoms with E-state index < -0.39 is 12.1 Å². The highest BCUT2D eigenvalue weighted by molar-refractivity contribution is 9.13. The number of halogens is 2. The zero-order valence-corrected chi connectivity index (χ0v) is 11.3. The van der Waals surface area contributed by atoms with Crippen molar-refractivity contribution in [2.75, 3.05) is 6.61 Å². The van der Waals surface area contributed by atoms with E-state index in [0.717, 1.165) is 8.26 Å². The lowest BCUT2D eigenvalue weighted by Gasteiger charge is -2.06. The molecule has 1 heterocycles. The van der Waals surface area contributed by atoms with Crippen LogP contribution in [0.15, 0.2) is 14.3 Å². The van der Waals surface area contributed by atoms with Gasteiger partial charge >= 0.3 is 5.97 Å². The van der Waals surface area contributed by atoms with Crippen molar-refractivity contribution in [3.8, 4) is 0 Å². The van der Waals surface area contributed by atoms with Crippen LogP contribution in [0.5, 0.6) is 0 Å². The monoisotopic (exact) mass is 342 g/mol. The summed E-state index contributed by atoms with van der Waals surface area (Å²) in [5, 5.41) is 9.55. The van der Waals surface area contributed by atoms with Crippen molar-refractivity contribution in [1.82, 2.24) is 0 Å². The first-order valence-electron chi connectivity index (χ1n) is 3.85. The Morgan fingerprint density at radius 2 is 2.36 bits per heavy atom. The molecule has 0 aromatic carbocycles.